The standard InChI is InChI=1S/C20H14N6O2/c27-26(28)20-16(15-9-5-2-6-10-15)23-19-17-18(22-13-25(19)20)24(12-21-17)11-14-7-3-1-4-8-14/h1-10,12-13H,11H2. The Kier molecular flexibility index (Phi) is 3.61. The monoisotopic (exact) mass is 370 g/mol. The molecule has 0 radical (unpaired) electrons. The van der Waals surface area contributed by atoms with E-state index in [1.807, 2.05) is 53.1 Å². The van der Waals surface area contributed by atoms with Crippen molar-refractivity contribution in [1.82, 2.24) is 23.9 Å². The molecule has 136 valence electrons. The zero-order valence-corrected chi connectivity index (χ0v) is 14.6. The van der Waals surface area contributed by atoms with E-state index < -0.39 is 4.92 Å². The quantitative estimate of drug-likeness (QED) is 0.355. The van der Waals surface area contributed by atoms with E-state index in [2.05, 4.69) is 15.0 Å². The summed E-state index contributed by atoms with van der Waals surface area (Å²) in [6.45, 7) is 0.606. The second kappa shape index (κ2) is 6.27. The molecule has 0 aliphatic carbocycles. The van der Waals surface area contributed by atoms with Crippen LogP contribution < -0.4 is 0 Å². The molecular formula is C20H14N6O2. The van der Waals surface area contributed by atoms with Crippen LogP contribution in [-0.4, -0.2) is 28.8 Å². The fraction of sp³-hybridized carbons (Fsp3) is 0.0500. The van der Waals surface area contributed by atoms with Crippen LogP contribution in [0.4, 0.5) is 5.82 Å². The van der Waals surface area contributed by atoms with Gasteiger partial charge in [-0.3, -0.25) is 0 Å². The van der Waals surface area contributed by atoms with Gasteiger partial charge in [0.1, 0.15) is 0 Å². The Morgan fingerprint density at radius 2 is 1.61 bits per heavy atom. The van der Waals surface area contributed by atoms with Crippen LogP contribution in [0, 0.1) is 10.1 Å². The largest absolute Gasteiger partial charge is 0.358 e. The Balaban J connectivity index is 1.72. The summed E-state index contributed by atoms with van der Waals surface area (Å²) < 4.78 is 3.30. The number of imidazole rings is 2. The molecule has 0 spiro atoms. The van der Waals surface area contributed by atoms with Crippen molar-refractivity contribution >= 4 is 22.6 Å². The van der Waals surface area contributed by atoms with Crippen molar-refractivity contribution in [3.05, 3.63) is 89.0 Å². The van der Waals surface area contributed by atoms with Crippen molar-refractivity contribution in [2.75, 3.05) is 0 Å². The number of benzene rings is 2. The molecule has 0 bridgehead atoms. The molecule has 5 aromatic rings. The van der Waals surface area contributed by atoms with E-state index in [1.54, 1.807) is 18.5 Å². The second-order valence-electron chi connectivity index (χ2n) is 6.38. The van der Waals surface area contributed by atoms with Gasteiger partial charge in [-0.15, -0.1) is 0 Å². The van der Waals surface area contributed by atoms with Crippen LogP contribution in [-0.2, 0) is 6.54 Å². The highest BCUT2D eigenvalue weighted by atomic mass is 16.6. The van der Waals surface area contributed by atoms with Gasteiger partial charge in [0.05, 0.1) is 12.9 Å². The Bertz CT molecular complexity index is 1310. The van der Waals surface area contributed by atoms with Gasteiger partial charge in [-0.1, -0.05) is 60.7 Å². The maximum Gasteiger partial charge on any atom is 0.357 e. The second-order valence-corrected chi connectivity index (χ2v) is 6.38. The minimum Gasteiger partial charge on any atom is -0.358 e. The predicted octanol–water partition coefficient (Wildman–Crippen LogP) is 3.70. The van der Waals surface area contributed by atoms with E-state index in [1.165, 1.54) is 10.7 Å². The van der Waals surface area contributed by atoms with E-state index >= 15 is 0 Å². The number of nitrogens with zero attached hydrogens (tertiary/aromatic N) is 6. The van der Waals surface area contributed by atoms with Gasteiger partial charge in [0.15, 0.2) is 23.2 Å². The molecule has 8 nitrogen and oxygen atoms in total. The summed E-state index contributed by atoms with van der Waals surface area (Å²) in [6, 6.07) is 19.1. The van der Waals surface area contributed by atoms with Crippen LogP contribution in [0.3, 0.4) is 0 Å². The van der Waals surface area contributed by atoms with E-state index in [-0.39, 0.29) is 5.82 Å². The van der Waals surface area contributed by atoms with Crippen LogP contribution in [0.15, 0.2) is 73.3 Å². The van der Waals surface area contributed by atoms with Crippen molar-refractivity contribution in [2.24, 2.45) is 0 Å². The highest BCUT2D eigenvalue weighted by Gasteiger charge is 2.27. The first-order valence-electron chi connectivity index (χ1n) is 8.68. The molecule has 0 aliphatic rings. The first kappa shape index (κ1) is 16.1. The van der Waals surface area contributed by atoms with Crippen molar-refractivity contribution in [3.8, 4) is 11.3 Å². The minimum absolute atomic E-state index is 0.117. The normalized spacial score (nSPS) is 11.3. The molecule has 0 aliphatic heterocycles. The third-order valence-corrected chi connectivity index (χ3v) is 4.62. The zero-order valence-electron chi connectivity index (χ0n) is 14.6. The third kappa shape index (κ3) is 2.50. The Labute approximate surface area is 158 Å². The Hall–Kier alpha value is -4.07. The van der Waals surface area contributed by atoms with Gasteiger partial charge in [-0.05, 0) is 10.5 Å². The lowest BCUT2D eigenvalue weighted by molar-refractivity contribution is -0.389. The molecule has 0 fully saturated rings. The number of hydrogen-bond acceptors (Lipinski definition) is 5. The summed E-state index contributed by atoms with van der Waals surface area (Å²) in [5.41, 5.74) is 3.68. The van der Waals surface area contributed by atoms with Crippen molar-refractivity contribution in [2.45, 2.75) is 6.54 Å². The topological polar surface area (TPSA) is 91.1 Å². The fourth-order valence-corrected chi connectivity index (χ4v) is 3.34. The molecule has 5 rings (SSSR count). The van der Waals surface area contributed by atoms with E-state index in [9.17, 15) is 10.1 Å². The van der Waals surface area contributed by atoms with E-state index in [0.717, 1.165) is 5.56 Å². The highest BCUT2D eigenvalue weighted by molar-refractivity contribution is 5.89. The summed E-state index contributed by atoms with van der Waals surface area (Å²) in [5, 5.41) is 11.7. The maximum absolute atomic E-state index is 11.7. The average Bonchev–Trinajstić information content (AvgIpc) is 3.31. The summed E-state index contributed by atoms with van der Waals surface area (Å²) in [4.78, 5) is 24.7. The van der Waals surface area contributed by atoms with Gasteiger partial charge in [0.2, 0.25) is 0 Å². The summed E-state index contributed by atoms with van der Waals surface area (Å²) in [7, 11) is 0. The lowest BCUT2D eigenvalue weighted by Gasteiger charge is -2.03. The molecule has 0 amide bonds. The van der Waals surface area contributed by atoms with Gasteiger partial charge in [-0.2, -0.15) is 14.4 Å². The van der Waals surface area contributed by atoms with Gasteiger partial charge in [0, 0.05) is 5.56 Å². The van der Waals surface area contributed by atoms with Crippen LogP contribution >= 0.6 is 0 Å². The minimum atomic E-state index is -0.434. The zero-order chi connectivity index (χ0) is 19.1. The smallest absolute Gasteiger partial charge is 0.357 e. The first-order chi connectivity index (χ1) is 13.7. The van der Waals surface area contributed by atoms with Crippen molar-refractivity contribution < 1.29 is 4.92 Å². The number of fused-ring (bicyclic) bond motifs is 3. The SMILES string of the molecule is O=[N+]([O-])c1c(-c2ccccc2)nc2c3ncn(Cc4ccccc4)c3ncn12. The predicted molar refractivity (Wildman–Crippen MR) is 104 cm³/mol. The molecule has 0 N–H and O–H groups in total. The molecule has 3 aromatic heterocycles. The Morgan fingerprint density at radius 3 is 2.32 bits per heavy atom. The first-order valence-corrected chi connectivity index (χ1v) is 8.68. The molecule has 0 saturated heterocycles. The van der Waals surface area contributed by atoms with Crippen LogP contribution in [0.25, 0.3) is 28.1 Å². The molecule has 2 aromatic carbocycles. The number of nitro groups is 1. The number of hydrogen-bond donors (Lipinski definition) is 0. The molecule has 0 atom stereocenters. The van der Waals surface area contributed by atoms with Crippen molar-refractivity contribution in [1.29, 1.82) is 0 Å². The summed E-state index contributed by atoms with van der Waals surface area (Å²) in [6.07, 6.45) is 3.13. The van der Waals surface area contributed by atoms with Crippen LogP contribution in [0.5, 0.6) is 0 Å². The number of rotatable bonds is 4. The molecule has 0 unspecified atom stereocenters. The van der Waals surface area contributed by atoms with Crippen molar-refractivity contribution in [3.63, 3.8) is 0 Å². The van der Waals surface area contributed by atoms with E-state index in [4.69, 9.17) is 0 Å². The third-order valence-electron chi connectivity index (χ3n) is 4.62. The van der Waals surface area contributed by atoms with Crippen LogP contribution in [0.2, 0.25) is 0 Å². The molecule has 28 heavy (non-hydrogen) atoms. The maximum atomic E-state index is 11.7. The van der Waals surface area contributed by atoms with Gasteiger partial charge in [-0.25, -0.2) is 4.98 Å². The highest BCUT2D eigenvalue weighted by Crippen LogP contribution is 2.32. The van der Waals surface area contributed by atoms with Gasteiger partial charge < -0.3 is 14.7 Å². The molecule has 8 heteroatoms. The lowest BCUT2D eigenvalue weighted by atomic mass is 10.1. The van der Waals surface area contributed by atoms with E-state index in [0.29, 0.717) is 34.6 Å². The van der Waals surface area contributed by atoms with Gasteiger partial charge >= 0.3 is 5.82 Å². The average molecular weight is 370 g/mol. The summed E-state index contributed by atoms with van der Waals surface area (Å²) in [5.74, 6) is -0.117. The lowest BCUT2D eigenvalue weighted by Crippen LogP contribution is -2.01. The summed E-state index contributed by atoms with van der Waals surface area (Å²) >= 11 is 0. The Morgan fingerprint density at radius 1 is 0.893 bits per heavy atom. The van der Waals surface area contributed by atoms with Crippen LogP contribution in [0.1, 0.15) is 5.56 Å². The molecule has 0 saturated carbocycles. The fourth-order valence-electron chi connectivity index (χ4n) is 3.34. The number of aromatic nitrogens is 5. The molecule has 3 heterocycles. The molecular weight excluding hydrogens is 356 g/mol. The van der Waals surface area contributed by atoms with Gasteiger partial charge in [0.25, 0.3) is 5.65 Å².